The molecule has 0 aromatic heterocycles. The van der Waals surface area contributed by atoms with Crippen LogP contribution < -0.4 is 5.73 Å². The number of primary amides is 1. The Labute approximate surface area is 87.6 Å². The van der Waals surface area contributed by atoms with Crippen LogP contribution in [-0.2, 0) is 4.79 Å². The maximum atomic E-state index is 10.8. The van der Waals surface area contributed by atoms with Crippen molar-refractivity contribution in [2.24, 2.45) is 11.7 Å². The lowest BCUT2D eigenvalue weighted by Gasteiger charge is -2.10. The molecule has 2 N–H and O–H groups in total. The Balaban J connectivity index is 4.01. The monoisotopic (exact) mass is 197 g/mol. The molecule has 0 radical (unpaired) electrons. The third-order valence-corrected chi connectivity index (χ3v) is 2.58. The topological polar surface area (TPSA) is 43.1 Å². The zero-order valence-electron chi connectivity index (χ0n) is 9.68. The van der Waals surface area contributed by atoms with E-state index < -0.39 is 0 Å². The molecule has 0 aliphatic rings. The van der Waals surface area contributed by atoms with Gasteiger partial charge in [0.25, 0.3) is 0 Å². The highest BCUT2D eigenvalue weighted by atomic mass is 16.1. The minimum absolute atomic E-state index is 0.293. The van der Waals surface area contributed by atoms with Crippen LogP contribution in [0.4, 0.5) is 0 Å². The van der Waals surface area contributed by atoms with E-state index in [0.29, 0.717) is 11.5 Å². The van der Waals surface area contributed by atoms with Crippen LogP contribution in [0, 0.1) is 5.92 Å². The van der Waals surface area contributed by atoms with Crippen molar-refractivity contribution in [3.8, 4) is 0 Å². The van der Waals surface area contributed by atoms with E-state index in [2.05, 4.69) is 13.8 Å². The SMILES string of the molecule is CCCCCC(C=C(C)C(N)=O)CC. The number of carbonyl (C=O) groups is 1. The second-order valence-electron chi connectivity index (χ2n) is 3.88. The quantitative estimate of drug-likeness (QED) is 0.495. The van der Waals surface area contributed by atoms with Gasteiger partial charge in [0.1, 0.15) is 0 Å². The summed E-state index contributed by atoms with van der Waals surface area (Å²) in [6.45, 7) is 6.15. The summed E-state index contributed by atoms with van der Waals surface area (Å²) >= 11 is 0. The summed E-state index contributed by atoms with van der Waals surface area (Å²) in [6.07, 6.45) is 8.06. The molecule has 0 aromatic rings. The summed E-state index contributed by atoms with van der Waals surface area (Å²) in [7, 11) is 0. The van der Waals surface area contributed by atoms with Crippen molar-refractivity contribution in [2.45, 2.75) is 52.9 Å². The zero-order chi connectivity index (χ0) is 11.0. The van der Waals surface area contributed by atoms with Crippen molar-refractivity contribution >= 4 is 5.91 Å². The fourth-order valence-corrected chi connectivity index (χ4v) is 1.50. The molecule has 0 aliphatic heterocycles. The summed E-state index contributed by atoms with van der Waals surface area (Å²) in [6, 6.07) is 0. The minimum atomic E-state index is -0.293. The average Bonchev–Trinajstić information content (AvgIpc) is 2.16. The standard InChI is InChI=1S/C12H23NO/c1-4-6-7-8-11(5-2)9-10(3)12(13)14/h9,11H,4-8H2,1-3H3,(H2,13,14). The third kappa shape index (κ3) is 5.79. The Morgan fingerprint density at radius 1 is 1.36 bits per heavy atom. The molecular formula is C12H23NO. The van der Waals surface area contributed by atoms with Crippen molar-refractivity contribution in [3.63, 3.8) is 0 Å². The molecular weight excluding hydrogens is 174 g/mol. The number of carbonyl (C=O) groups excluding carboxylic acids is 1. The number of nitrogens with two attached hydrogens (primary N) is 1. The number of allylic oxidation sites excluding steroid dienone is 1. The third-order valence-electron chi connectivity index (χ3n) is 2.58. The molecule has 0 fully saturated rings. The molecule has 0 heterocycles. The van der Waals surface area contributed by atoms with Crippen molar-refractivity contribution in [1.82, 2.24) is 0 Å². The number of amides is 1. The number of rotatable bonds is 7. The summed E-state index contributed by atoms with van der Waals surface area (Å²) < 4.78 is 0. The van der Waals surface area contributed by atoms with Crippen molar-refractivity contribution in [1.29, 1.82) is 0 Å². The van der Waals surface area contributed by atoms with Gasteiger partial charge < -0.3 is 5.73 Å². The van der Waals surface area contributed by atoms with Gasteiger partial charge in [-0.3, -0.25) is 4.79 Å². The molecule has 0 saturated heterocycles. The van der Waals surface area contributed by atoms with Crippen LogP contribution >= 0.6 is 0 Å². The molecule has 0 rings (SSSR count). The van der Waals surface area contributed by atoms with Gasteiger partial charge in [-0.1, -0.05) is 39.2 Å². The molecule has 1 atom stereocenters. The van der Waals surface area contributed by atoms with Gasteiger partial charge in [-0.2, -0.15) is 0 Å². The first-order valence-electron chi connectivity index (χ1n) is 5.60. The van der Waals surface area contributed by atoms with Crippen LogP contribution in [0.2, 0.25) is 0 Å². The van der Waals surface area contributed by atoms with Crippen LogP contribution in [-0.4, -0.2) is 5.91 Å². The smallest absolute Gasteiger partial charge is 0.244 e. The molecule has 0 aromatic carbocycles. The normalized spacial score (nSPS) is 14.1. The summed E-state index contributed by atoms with van der Waals surface area (Å²) in [4.78, 5) is 10.8. The molecule has 0 bridgehead atoms. The molecule has 2 nitrogen and oxygen atoms in total. The summed E-state index contributed by atoms with van der Waals surface area (Å²) in [5.74, 6) is 0.230. The molecule has 1 unspecified atom stereocenters. The molecule has 0 saturated carbocycles. The largest absolute Gasteiger partial charge is 0.366 e. The van der Waals surface area contributed by atoms with E-state index >= 15 is 0 Å². The highest BCUT2D eigenvalue weighted by Gasteiger charge is 2.05. The van der Waals surface area contributed by atoms with Crippen molar-refractivity contribution < 1.29 is 4.79 Å². The van der Waals surface area contributed by atoms with Gasteiger partial charge in [0.15, 0.2) is 0 Å². The van der Waals surface area contributed by atoms with Crippen LogP contribution in [0.5, 0.6) is 0 Å². The zero-order valence-corrected chi connectivity index (χ0v) is 9.68. The first-order chi connectivity index (χ1) is 6.61. The van der Waals surface area contributed by atoms with Gasteiger partial charge in [-0.15, -0.1) is 0 Å². The van der Waals surface area contributed by atoms with Crippen LogP contribution in [0.25, 0.3) is 0 Å². The molecule has 82 valence electrons. The van der Waals surface area contributed by atoms with E-state index in [-0.39, 0.29) is 5.91 Å². The maximum absolute atomic E-state index is 10.8. The molecule has 0 spiro atoms. The predicted octanol–water partition coefficient (Wildman–Crippen LogP) is 3.02. The second kappa shape index (κ2) is 7.60. The van der Waals surface area contributed by atoms with Crippen LogP contribution in [0.15, 0.2) is 11.6 Å². The summed E-state index contributed by atoms with van der Waals surface area (Å²) in [5.41, 5.74) is 5.89. The van der Waals surface area contributed by atoms with Gasteiger partial charge in [0.05, 0.1) is 0 Å². The van der Waals surface area contributed by atoms with E-state index in [9.17, 15) is 4.79 Å². The first kappa shape index (κ1) is 13.2. The van der Waals surface area contributed by atoms with E-state index in [1.54, 1.807) is 6.92 Å². The van der Waals surface area contributed by atoms with Crippen LogP contribution in [0.1, 0.15) is 52.9 Å². The predicted molar refractivity (Wildman–Crippen MR) is 60.9 cm³/mol. The van der Waals surface area contributed by atoms with Gasteiger partial charge >= 0.3 is 0 Å². The Morgan fingerprint density at radius 3 is 2.43 bits per heavy atom. The van der Waals surface area contributed by atoms with E-state index in [1.165, 1.54) is 25.7 Å². The Hall–Kier alpha value is -0.790. The number of hydrogen-bond donors (Lipinski definition) is 1. The highest BCUT2D eigenvalue weighted by Crippen LogP contribution is 2.16. The van der Waals surface area contributed by atoms with Crippen molar-refractivity contribution in [2.75, 3.05) is 0 Å². The lowest BCUT2D eigenvalue weighted by Crippen LogP contribution is -2.13. The Bertz CT molecular complexity index is 196. The number of hydrogen-bond acceptors (Lipinski definition) is 1. The molecule has 0 aliphatic carbocycles. The maximum Gasteiger partial charge on any atom is 0.244 e. The van der Waals surface area contributed by atoms with Gasteiger partial charge in [0, 0.05) is 5.57 Å². The van der Waals surface area contributed by atoms with Crippen molar-refractivity contribution in [3.05, 3.63) is 11.6 Å². The van der Waals surface area contributed by atoms with Crippen LogP contribution in [0.3, 0.4) is 0 Å². The van der Waals surface area contributed by atoms with Gasteiger partial charge in [0.2, 0.25) is 5.91 Å². The first-order valence-corrected chi connectivity index (χ1v) is 5.60. The number of unbranched alkanes of at least 4 members (excludes halogenated alkanes) is 2. The summed E-state index contributed by atoms with van der Waals surface area (Å²) in [5, 5.41) is 0. The van der Waals surface area contributed by atoms with E-state index in [0.717, 1.165) is 6.42 Å². The fourth-order valence-electron chi connectivity index (χ4n) is 1.50. The molecule has 2 heteroatoms. The lowest BCUT2D eigenvalue weighted by molar-refractivity contribution is -0.114. The highest BCUT2D eigenvalue weighted by molar-refractivity contribution is 5.91. The minimum Gasteiger partial charge on any atom is -0.366 e. The average molecular weight is 197 g/mol. The van der Waals surface area contributed by atoms with E-state index in [1.807, 2.05) is 6.08 Å². The second-order valence-corrected chi connectivity index (χ2v) is 3.88. The van der Waals surface area contributed by atoms with E-state index in [4.69, 9.17) is 5.73 Å². The fraction of sp³-hybridized carbons (Fsp3) is 0.750. The Kier molecular flexibility index (Phi) is 7.17. The Morgan fingerprint density at radius 2 is 2.00 bits per heavy atom. The lowest BCUT2D eigenvalue weighted by atomic mass is 9.96. The molecule has 1 amide bonds. The van der Waals surface area contributed by atoms with Gasteiger partial charge in [-0.05, 0) is 25.7 Å². The van der Waals surface area contributed by atoms with Gasteiger partial charge in [-0.25, -0.2) is 0 Å². The molecule has 14 heavy (non-hydrogen) atoms.